The first-order valence-electron chi connectivity index (χ1n) is 6.67. The van der Waals surface area contributed by atoms with Gasteiger partial charge in [0.1, 0.15) is 0 Å². The monoisotopic (exact) mass is 345 g/mol. The number of benzene rings is 2. The molecule has 0 spiro atoms. The zero-order chi connectivity index (χ0) is 16.2. The summed E-state index contributed by atoms with van der Waals surface area (Å²) in [5.74, 6) is -0.230. The van der Waals surface area contributed by atoms with Gasteiger partial charge in [-0.05, 0) is 53.1 Å². The molecule has 23 heavy (non-hydrogen) atoms. The Morgan fingerprint density at radius 3 is 2.83 bits per heavy atom. The maximum atomic E-state index is 12.3. The Morgan fingerprint density at radius 2 is 2.04 bits per heavy atom. The number of thioether (sulfide) groups is 1. The molecule has 0 aliphatic heterocycles. The lowest BCUT2D eigenvalue weighted by Gasteiger charge is -2.08. The Morgan fingerprint density at radius 1 is 1.22 bits per heavy atom. The van der Waals surface area contributed by atoms with Gasteiger partial charge in [0.25, 0.3) is 5.91 Å². The van der Waals surface area contributed by atoms with E-state index in [1.165, 1.54) is 11.8 Å². The number of rotatable bonds is 4. The second-order valence-electron chi connectivity index (χ2n) is 4.59. The fraction of sp³-hybridized carbons (Fsp3) is 0.0667. The zero-order valence-electron chi connectivity index (χ0n) is 12.1. The smallest absolute Gasteiger partial charge is 0.255 e. The average Bonchev–Trinajstić information content (AvgIpc) is 3.04. The lowest BCUT2D eigenvalue weighted by atomic mass is 10.2. The summed E-state index contributed by atoms with van der Waals surface area (Å²) in [5.41, 5.74) is 1.91. The number of nitrogens with zero attached hydrogens (tertiary/aromatic N) is 4. The third-order valence-corrected chi connectivity index (χ3v) is 3.91. The topological polar surface area (TPSA) is 72.7 Å². The molecule has 0 radical (unpaired) electrons. The van der Waals surface area contributed by atoms with E-state index in [4.69, 9.17) is 11.6 Å². The van der Waals surface area contributed by atoms with Crippen LogP contribution < -0.4 is 5.32 Å². The minimum absolute atomic E-state index is 0.230. The zero-order valence-corrected chi connectivity index (χ0v) is 13.7. The number of hydrogen-bond donors (Lipinski definition) is 1. The molecule has 0 aliphatic rings. The first kappa shape index (κ1) is 15.5. The molecule has 8 heteroatoms. The Bertz CT molecular complexity index is 851. The fourth-order valence-corrected chi connectivity index (χ4v) is 2.64. The van der Waals surface area contributed by atoms with E-state index in [2.05, 4.69) is 20.8 Å². The highest BCUT2D eigenvalue weighted by Gasteiger charge is 2.10. The van der Waals surface area contributed by atoms with Crippen LogP contribution in [0.1, 0.15) is 10.4 Å². The Hall–Kier alpha value is -2.38. The molecule has 0 fully saturated rings. The summed E-state index contributed by atoms with van der Waals surface area (Å²) in [4.78, 5) is 12.3. The average molecular weight is 346 g/mol. The molecule has 2 aromatic carbocycles. The van der Waals surface area contributed by atoms with Gasteiger partial charge in [0.05, 0.1) is 5.69 Å². The van der Waals surface area contributed by atoms with Crippen LogP contribution in [0.3, 0.4) is 0 Å². The van der Waals surface area contributed by atoms with Crippen molar-refractivity contribution in [3.05, 3.63) is 59.1 Å². The minimum Gasteiger partial charge on any atom is -0.322 e. The van der Waals surface area contributed by atoms with Crippen LogP contribution in [0.15, 0.2) is 53.7 Å². The van der Waals surface area contributed by atoms with Gasteiger partial charge >= 0.3 is 0 Å². The van der Waals surface area contributed by atoms with Gasteiger partial charge in [0, 0.05) is 16.3 Å². The van der Waals surface area contributed by atoms with Gasteiger partial charge in [0.15, 0.2) is 0 Å². The standard InChI is InChI=1S/C15H12ClN5OS/c1-23-15-18-19-20-21(15)13-7-3-6-12(9-13)17-14(22)10-4-2-5-11(16)8-10/h2-9H,1H3,(H,17,22). The van der Waals surface area contributed by atoms with Gasteiger partial charge in [-0.1, -0.05) is 35.5 Å². The van der Waals surface area contributed by atoms with Crippen molar-refractivity contribution in [2.45, 2.75) is 5.16 Å². The summed E-state index contributed by atoms with van der Waals surface area (Å²) >= 11 is 7.35. The van der Waals surface area contributed by atoms with Crippen LogP contribution in [0.4, 0.5) is 5.69 Å². The van der Waals surface area contributed by atoms with Gasteiger partial charge in [-0.25, -0.2) is 0 Å². The molecule has 3 aromatic rings. The summed E-state index contributed by atoms with van der Waals surface area (Å²) < 4.78 is 1.61. The van der Waals surface area contributed by atoms with Gasteiger partial charge in [-0.15, -0.1) is 5.10 Å². The van der Waals surface area contributed by atoms with E-state index in [1.807, 2.05) is 18.4 Å². The van der Waals surface area contributed by atoms with Gasteiger partial charge < -0.3 is 5.32 Å². The Kier molecular flexibility index (Phi) is 4.59. The number of nitrogens with one attached hydrogen (secondary N) is 1. The van der Waals surface area contributed by atoms with E-state index in [1.54, 1.807) is 41.1 Å². The van der Waals surface area contributed by atoms with Gasteiger partial charge in [-0.2, -0.15) is 4.68 Å². The van der Waals surface area contributed by atoms with Crippen molar-refractivity contribution in [3.8, 4) is 5.69 Å². The first-order valence-corrected chi connectivity index (χ1v) is 8.27. The normalized spacial score (nSPS) is 10.5. The van der Waals surface area contributed by atoms with Crippen molar-refractivity contribution < 1.29 is 4.79 Å². The molecule has 1 N–H and O–H groups in total. The quantitative estimate of drug-likeness (QED) is 0.734. The number of tetrazole rings is 1. The summed E-state index contributed by atoms with van der Waals surface area (Å²) in [7, 11) is 0. The maximum absolute atomic E-state index is 12.3. The van der Waals surface area contributed by atoms with Crippen LogP contribution >= 0.6 is 23.4 Å². The molecule has 0 saturated carbocycles. The molecule has 0 unspecified atom stereocenters. The predicted molar refractivity (Wildman–Crippen MR) is 90.3 cm³/mol. The predicted octanol–water partition coefficient (Wildman–Crippen LogP) is 3.29. The van der Waals surface area contributed by atoms with Gasteiger partial charge in [-0.3, -0.25) is 4.79 Å². The molecular formula is C15H12ClN5OS. The van der Waals surface area contributed by atoms with Crippen LogP contribution in [0.25, 0.3) is 5.69 Å². The number of carbonyl (C=O) groups is 1. The third-order valence-electron chi connectivity index (χ3n) is 3.06. The molecule has 0 saturated heterocycles. The van der Waals surface area contributed by atoms with Crippen molar-refractivity contribution in [2.75, 3.05) is 11.6 Å². The van der Waals surface area contributed by atoms with Crippen LogP contribution in [-0.4, -0.2) is 32.4 Å². The second kappa shape index (κ2) is 6.80. The Labute approximate surface area is 141 Å². The maximum Gasteiger partial charge on any atom is 0.255 e. The molecule has 3 rings (SSSR count). The van der Waals surface area contributed by atoms with E-state index in [0.717, 1.165) is 5.69 Å². The number of halogens is 1. The summed E-state index contributed by atoms with van der Waals surface area (Å²) in [6.07, 6.45) is 1.90. The number of amides is 1. The summed E-state index contributed by atoms with van der Waals surface area (Å²) in [6, 6.07) is 14.1. The highest BCUT2D eigenvalue weighted by atomic mass is 35.5. The highest BCUT2D eigenvalue weighted by Crippen LogP contribution is 2.19. The molecule has 116 valence electrons. The SMILES string of the molecule is CSc1nnnn1-c1cccc(NC(=O)c2cccc(Cl)c2)c1. The van der Waals surface area contributed by atoms with Crippen molar-refractivity contribution in [1.82, 2.24) is 20.2 Å². The van der Waals surface area contributed by atoms with E-state index in [0.29, 0.717) is 21.4 Å². The van der Waals surface area contributed by atoms with E-state index in [9.17, 15) is 4.79 Å². The van der Waals surface area contributed by atoms with Crippen molar-refractivity contribution in [2.24, 2.45) is 0 Å². The van der Waals surface area contributed by atoms with E-state index < -0.39 is 0 Å². The van der Waals surface area contributed by atoms with Crippen LogP contribution in [0.2, 0.25) is 5.02 Å². The van der Waals surface area contributed by atoms with E-state index >= 15 is 0 Å². The minimum atomic E-state index is -0.230. The molecule has 0 bridgehead atoms. The number of aromatic nitrogens is 4. The largest absolute Gasteiger partial charge is 0.322 e. The second-order valence-corrected chi connectivity index (χ2v) is 5.80. The van der Waals surface area contributed by atoms with Gasteiger partial charge in [0.2, 0.25) is 5.16 Å². The molecular weight excluding hydrogens is 334 g/mol. The summed E-state index contributed by atoms with van der Waals surface area (Å²) in [6.45, 7) is 0. The number of hydrogen-bond acceptors (Lipinski definition) is 5. The molecule has 1 amide bonds. The fourth-order valence-electron chi connectivity index (χ4n) is 2.02. The van der Waals surface area contributed by atoms with Crippen molar-refractivity contribution in [1.29, 1.82) is 0 Å². The first-order chi connectivity index (χ1) is 11.2. The van der Waals surface area contributed by atoms with E-state index in [-0.39, 0.29) is 5.91 Å². The third kappa shape index (κ3) is 3.52. The molecule has 1 aromatic heterocycles. The molecule has 0 atom stereocenters. The number of carbonyl (C=O) groups excluding carboxylic acids is 1. The molecule has 0 aliphatic carbocycles. The Balaban J connectivity index is 1.84. The highest BCUT2D eigenvalue weighted by molar-refractivity contribution is 7.98. The number of anilines is 1. The lowest BCUT2D eigenvalue weighted by molar-refractivity contribution is 0.102. The summed E-state index contributed by atoms with van der Waals surface area (Å²) in [5, 5.41) is 15.6. The van der Waals surface area contributed by atoms with Crippen molar-refractivity contribution in [3.63, 3.8) is 0 Å². The molecule has 6 nitrogen and oxygen atoms in total. The van der Waals surface area contributed by atoms with Crippen LogP contribution in [0.5, 0.6) is 0 Å². The molecule has 1 heterocycles. The van der Waals surface area contributed by atoms with Crippen LogP contribution in [-0.2, 0) is 0 Å². The van der Waals surface area contributed by atoms with Crippen molar-refractivity contribution >= 4 is 35.0 Å². The lowest BCUT2D eigenvalue weighted by Crippen LogP contribution is -2.12. The van der Waals surface area contributed by atoms with Crippen LogP contribution in [0, 0.1) is 0 Å².